The minimum absolute atomic E-state index is 0.130. The zero-order chi connectivity index (χ0) is 20.9. The van der Waals surface area contributed by atoms with Gasteiger partial charge in [0.25, 0.3) is 5.91 Å². The molecule has 0 aliphatic carbocycles. The van der Waals surface area contributed by atoms with Crippen molar-refractivity contribution < 1.29 is 14.3 Å². The smallest absolute Gasteiger partial charge is 0.262 e. The molecule has 0 saturated heterocycles. The van der Waals surface area contributed by atoms with E-state index in [0.29, 0.717) is 18.8 Å². The first-order chi connectivity index (χ1) is 14.6. The van der Waals surface area contributed by atoms with Gasteiger partial charge in [-0.1, -0.05) is 49.4 Å². The number of carbonyl (C=O) groups excluding carboxylic acids is 2. The highest BCUT2D eigenvalue weighted by Gasteiger charge is 2.31. The molecule has 3 aromatic carbocycles. The number of anilines is 2. The van der Waals surface area contributed by atoms with Gasteiger partial charge < -0.3 is 20.3 Å². The van der Waals surface area contributed by atoms with Gasteiger partial charge in [0.2, 0.25) is 5.91 Å². The van der Waals surface area contributed by atoms with Gasteiger partial charge in [-0.05, 0) is 41.5 Å². The summed E-state index contributed by atoms with van der Waals surface area (Å²) >= 11 is 0. The Hall–Kier alpha value is -3.54. The van der Waals surface area contributed by atoms with Crippen molar-refractivity contribution >= 4 is 34.0 Å². The lowest BCUT2D eigenvalue weighted by atomic mass is 10.1. The van der Waals surface area contributed by atoms with Gasteiger partial charge in [-0.25, -0.2) is 0 Å². The molecule has 0 bridgehead atoms. The summed E-state index contributed by atoms with van der Waals surface area (Å²) in [5.74, 6) is 0.305. The van der Waals surface area contributed by atoms with Crippen LogP contribution in [0, 0.1) is 0 Å². The van der Waals surface area contributed by atoms with Gasteiger partial charge in [0, 0.05) is 12.2 Å². The number of ether oxygens (including phenoxy) is 1. The molecule has 6 heteroatoms. The lowest BCUT2D eigenvalue weighted by Gasteiger charge is -2.35. The number of benzene rings is 3. The van der Waals surface area contributed by atoms with E-state index in [9.17, 15) is 9.59 Å². The van der Waals surface area contributed by atoms with Crippen LogP contribution in [0.5, 0.6) is 5.75 Å². The van der Waals surface area contributed by atoms with Crippen molar-refractivity contribution in [1.82, 2.24) is 5.32 Å². The number of hydrogen-bond donors (Lipinski definition) is 2. The van der Waals surface area contributed by atoms with Crippen LogP contribution in [0.1, 0.15) is 13.3 Å². The fourth-order valence-corrected chi connectivity index (χ4v) is 3.60. The molecular weight excluding hydrogens is 378 g/mol. The molecule has 1 aliphatic rings. The van der Waals surface area contributed by atoms with Gasteiger partial charge in [0.1, 0.15) is 5.75 Å². The third-order valence-electron chi connectivity index (χ3n) is 5.07. The molecular formula is C24H25N3O3. The maximum Gasteiger partial charge on any atom is 0.262 e. The Labute approximate surface area is 175 Å². The summed E-state index contributed by atoms with van der Waals surface area (Å²) in [5, 5.41) is 8.03. The maximum atomic E-state index is 12.8. The highest BCUT2D eigenvalue weighted by atomic mass is 16.5. The number of para-hydroxylation sites is 2. The number of rotatable bonds is 6. The molecule has 1 heterocycles. The summed E-state index contributed by atoms with van der Waals surface area (Å²) in [4.78, 5) is 27.1. The van der Waals surface area contributed by atoms with Crippen LogP contribution < -0.4 is 20.3 Å². The second kappa shape index (κ2) is 8.86. The molecule has 0 spiro atoms. The van der Waals surface area contributed by atoms with Crippen molar-refractivity contribution in [3.8, 4) is 5.75 Å². The molecule has 0 fully saturated rings. The lowest BCUT2D eigenvalue weighted by molar-refractivity contribution is -0.128. The Morgan fingerprint density at radius 1 is 1.03 bits per heavy atom. The Morgan fingerprint density at radius 3 is 2.63 bits per heavy atom. The summed E-state index contributed by atoms with van der Waals surface area (Å²) < 4.78 is 5.88. The van der Waals surface area contributed by atoms with E-state index in [0.717, 1.165) is 28.6 Å². The SMILES string of the molecule is CCCNC(=O)[C@H]1CN(CC(=O)Nc2ccc3ccccc3c2)c2ccccc2O1. The van der Waals surface area contributed by atoms with Crippen LogP contribution in [0.2, 0.25) is 0 Å². The Balaban J connectivity index is 1.48. The number of amides is 2. The average molecular weight is 403 g/mol. The number of carbonyl (C=O) groups is 2. The standard InChI is InChI=1S/C24H25N3O3/c1-2-13-25-24(29)22-15-27(20-9-5-6-10-21(20)30-22)16-23(28)26-19-12-11-17-7-3-4-8-18(17)14-19/h3-12,14,22H,2,13,15-16H2,1H3,(H,25,29)(H,26,28)/t22-/m1/s1. The largest absolute Gasteiger partial charge is 0.477 e. The second-order valence-corrected chi connectivity index (χ2v) is 7.36. The van der Waals surface area contributed by atoms with Gasteiger partial charge in [-0.15, -0.1) is 0 Å². The highest BCUT2D eigenvalue weighted by molar-refractivity contribution is 5.97. The third kappa shape index (κ3) is 4.38. The van der Waals surface area contributed by atoms with E-state index >= 15 is 0 Å². The first-order valence-corrected chi connectivity index (χ1v) is 10.2. The maximum absolute atomic E-state index is 12.8. The minimum Gasteiger partial charge on any atom is -0.477 e. The van der Waals surface area contributed by atoms with E-state index < -0.39 is 6.10 Å². The van der Waals surface area contributed by atoms with Gasteiger partial charge in [0.05, 0.1) is 18.8 Å². The van der Waals surface area contributed by atoms with E-state index in [1.807, 2.05) is 78.6 Å². The Kier molecular flexibility index (Phi) is 5.84. The second-order valence-electron chi connectivity index (χ2n) is 7.36. The number of fused-ring (bicyclic) bond motifs is 2. The van der Waals surface area contributed by atoms with Crippen molar-refractivity contribution in [2.75, 3.05) is 29.9 Å². The molecule has 0 radical (unpaired) electrons. The predicted octanol–water partition coefficient (Wildman–Crippen LogP) is 3.57. The van der Waals surface area contributed by atoms with Gasteiger partial charge >= 0.3 is 0 Å². The molecule has 2 N–H and O–H groups in total. The average Bonchev–Trinajstić information content (AvgIpc) is 2.77. The molecule has 0 aromatic heterocycles. The summed E-state index contributed by atoms with van der Waals surface area (Å²) in [6.45, 7) is 3.05. The van der Waals surface area contributed by atoms with E-state index in [1.165, 1.54) is 0 Å². The topological polar surface area (TPSA) is 70.7 Å². The van der Waals surface area contributed by atoms with Crippen LogP contribution in [0.15, 0.2) is 66.7 Å². The monoisotopic (exact) mass is 403 g/mol. The number of nitrogens with zero attached hydrogens (tertiary/aromatic N) is 1. The fourth-order valence-electron chi connectivity index (χ4n) is 3.60. The van der Waals surface area contributed by atoms with Crippen molar-refractivity contribution in [2.45, 2.75) is 19.4 Å². The van der Waals surface area contributed by atoms with Crippen molar-refractivity contribution in [1.29, 1.82) is 0 Å². The van der Waals surface area contributed by atoms with Crippen molar-refractivity contribution in [3.05, 3.63) is 66.7 Å². The highest BCUT2D eigenvalue weighted by Crippen LogP contribution is 2.33. The molecule has 0 unspecified atom stereocenters. The summed E-state index contributed by atoms with van der Waals surface area (Å²) in [6.07, 6.45) is 0.201. The van der Waals surface area contributed by atoms with Crippen LogP contribution in [0.25, 0.3) is 10.8 Å². The molecule has 0 saturated carbocycles. The van der Waals surface area contributed by atoms with Gasteiger partial charge in [0.15, 0.2) is 6.10 Å². The molecule has 1 aliphatic heterocycles. The van der Waals surface area contributed by atoms with Gasteiger partial charge in [-0.2, -0.15) is 0 Å². The molecule has 30 heavy (non-hydrogen) atoms. The zero-order valence-corrected chi connectivity index (χ0v) is 16.9. The van der Waals surface area contributed by atoms with E-state index in [1.54, 1.807) is 0 Å². The van der Waals surface area contributed by atoms with Gasteiger partial charge in [-0.3, -0.25) is 9.59 Å². The van der Waals surface area contributed by atoms with Crippen molar-refractivity contribution in [3.63, 3.8) is 0 Å². The summed E-state index contributed by atoms with van der Waals surface area (Å²) in [5.41, 5.74) is 1.56. The van der Waals surface area contributed by atoms with Crippen LogP contribution in [0.4, 0.5) is 11.4 Å². The third-order valence-corrected chi connectivity index (χ3v) is 5.07. The quantitative estimate of drug-likeness (QED) is 0.660. The van der Waals surface area contributed by atoms with E-state index in [2.05, 4.69) is 10.6 Å². The minimum atomic E-state index is -0.653. The Bertz CT molecular complexity index is 1070. The Morgan fingerprint density at radius 2 is 1.80 bits per heavy atom. The van der Waals surface area contributed by atoms with Crippen molar-refractivity contribution in [2.24, 2.45) is 0 Å². The lowest BCUT2D eigenvalue weighted by Crippen LogP contribution is -2.50. The number of nitrogens with one attached hydrogen (secondary N) is 2. The first-order valence-electron chi connectivity index (χ1n) is 10.2. The van der Waals surface area contributed by atoms with Crippen LogP contribution in [0.3, 0.4) is 0 Å². The normalized spacial score (nSPS) is 15.2. The number of hydrogen-bond acceptors (Lipinski definition) is 4. The molecule has 3 aromatic rings. The van der Waals surface area contributed by atoms with Crippen LogP contribution in [-0.4, -0.2) is 37.6 Å². The summed E-state index contributed by atoms with van der Waals surface area (Å²) in [6, 6.07) is 21.3. The zero-order valence-electron chi connectivity index (χ0n) is 16.9. The summed E-state index contributed by atoms with van der Waals surface area (Å²) in [7, 11) is 0. The predicted molar refractivity (Wildman–Crippen MR) is 119 cm³/mol. The molecule has 2 amide bonds. The molecule has 4 rings (SSSR count). The van der Waals surface area contributed by atoms with Crippen LogP contribution in [-0.2, 0) is 9.59 Å². The molecule has 154 valence electrons. The van der Waals surface area contributed by atoms with E-state index in [-0.39, 0.29) is 18.4 Å². The van der Waals surface area contributed by atoms with E-state index in [4.69, 9.17) is 4.74 Å². The molecule has 1 atom stereocenters. The fraction of sp³-hybridized carbons (Fsp3) is 0.250. The first kappa shape index (κ1) is 19.8. The molecule has 6 nitrogen and oxygen atoms in total. The van der Waals surface area contributed by atoms with Crippen LogP contribution >= 0.6 is 0 Å².